The van der Waals surface area contributed by atoms with Crippen LogP contribution in [-0.2, 0) is 17.8 Å². The summed E-state index contributed by atoms with van der Waals surface area (Å²) in [6.45, 7) is 2.75. The Labute approximate surface area is 202 Å². The summed E-state index contributed by atoms with van der Waals surface area (Å²) in [4.78, 5) is 13.8. The highest BCUT2D eigenvalue weighted by atomic mass is 79.9. The molecule has 1 fully saturated rings. The van der Waals surface area contributed by atoms with Gasteiger partial charge in [-0.2, -0.15) is 0 Å². The molecule has 1 aliphatic rings. The molecule has 0 bridgehead atoms. The summed E-state index contributed by atoms with van der Waals surface area (Å²) < 4.78 is 3.26. The van der Waals surface area contributed by atoms with E-state index in [0.717, 1.165) is 38.9 Å². The number of hydrogen-bond acceptors (Lipinski definition) is 6. The molecular weight excluding hydrogens is 504 g/mol. The summed E-state index contributed by atoms with van der Waals surface area (Å²) in [5.41, 5.74) is 3.29. The molecule has 1 aliphatic heterocycles. The van der Waals surface area contributed by atoms with Gasteiger partial charge in [0.2, 0.25) is 0 Å². The second-order valence-electron chi connectivity index (χ2n) is 7.52. The molecule has 0 aliphatic carbocycles. The van der Waals surface area contributed by atoms with Gasteiger partial charge >= 0.3 is 0 Å². The van der Waals surface area contributed by atoms with Crippen molar-refractivity contribution >= 4 is 66.8 Å². The van der Waals surface area contributed by atoms with Gasteiger partial charge in [0.05, 0.1) is 9.95 Å². The van der Waals surface area contributed by atoms with Crippen molar-refractivity contribution < 1.29 is 4.79 Å². The highest BCUT2D eigenvalue weighted by Gasteiger charge is 2.39. The lowest BCUT2D eigenvalue weighted by Crippen LogP contribution is -2.11. The molecule has 5 nitrogen and oxygen atoms in total. The first-order valence-electron chi connectivity index (χ1n) is 10.2. The van der Waals surface area contributed by atoms with E-state index >= 15 is 0 Å². The second-order valence-corrected chi connectivity index (χ2v) is 10.6. The van der Waals surface area contributed by atoms with Crippen molar-refractivity contribution in [3.8, 4) is 0 Å². The average molecular weight is 523 g/mol. The van der Waals surface area contributed by atoms with E-state index in [1.54, 1.807) is 0 Å². The number of para-hydroxylation sites is 1. The lowest BCUT2D eigenvalue weighted by atomic mass is 10.0. The molecule has 2 aromatic carbocycles. The summed E-state index contributed by atoms with van der Waals surface area (Å²) in [5.74, 6) is -0.691. The van der Waals surface area contributed by atoms with Crippen LogP contribution in [0.3, 0.4) is 0 Å². The Hall–Kier alpha value is -2.55. The van der Waals surface area contributed by atoms with E-state index in [0.29, 0.717) is 15.0 Å². The first-order chi connectivity index (χ1) is 15.5. The van der Waals surface area contributed by atoms with E-state index in [4.69, 9.17) is 5.41 Å². The predicted octanol–water partition coefficient (Wildman–Crippen LogP) is 6.28. The maximum atomic E-state index is 13.2. The molecule has 0 spiro atoms. The van der Waals surface area contributed by atoms with Gasteiger partial charge in [-0.15, -0.1) is 21.5 Å². The van der Waals surface area contributed by atoms with Crippen LogP contribution in [0.5, 0.6) is 0 Å². The van der Waals surface area contributed by atoms with E-state index < -0.39 is 5.92 Å². The number of Topliss-reactive ketones (excluding diaryl/α,β-unsaturated/α-hetero) is 1. The number of aryl methyl sites for hydroxylation is 1. The fourth-order valence-electron chi connectivity index (χ4n) is 3.79. The summed E-state index contributed by atoms with van der Waals surface area (Å²) in [7, 11) is 0. The van der Waals surface area contributed by atoms with Crippen LogP contribution < -0.4 is 0 Å². The van der Waals surface area contributed by atoms with Crippen LogP contribution in [0.25, 0.3) is 17.0 Å². The normalized spacial score (nSPS) is 17.7. The first kappa shape index (κ1) is 21.3. The molecule has 8 heteroatoms. The fourth-order valence-corrected chi connectivity index (χ4v) is 6.00. The number of allylic oxidation sites excluding steroid dienone is 1. The van der Waals surface area contributed by atoms with Crippen molar-refractivity contribution in [2.45, 2.75) is 25.8 Å². The van der Waals surface area contributed by atoms with Gasteiger partial charge in [-0.05, 0) is 36.3 Å². The molecule has 3 heterocycles. The summed E-state index contributed by atoms with van der Waals surface area (Å²) >= 11 is 6.14. The number of nitrogens with one attached hydrogen (secondary N) is 1. The van der Waals surface area contributed by atoms with Gasteiger partial charge in [0.15, 0.2) is 5.78 Å². The molecule has 0 unspecified atom stereocenters. The Morgan fingerprint density at radius 1 is 1.16 bits per heavy atom. The van der Waals surface area contributed by atoms with Crippen molar-refractivity contribution in [1.29, 1.82) is 5.41 Å². The molecule has 0 saturated carbocycles. The smallest absolute Gasteiger partial charge is 0.186 e. The molecule has 2 aromatic heterocycles. The Bertz CT molecular complexity index is 1370. The number of ketones is 1. The van der Waals surface area contributed by atoms with Gasteiger partial charge in [-0.1, -0.05) is 64.9 Å². The van der Waals surface area contributed by atoms with E-state index in [-0.39, 0.29) is 5.78 Å². The van der Waals surface area contributed by atoms with E-state index in [1.165, 1.54) is 28.7 Å². The predicted molar refractivity (Wildman–Crippen MR) is 136 cm³/mol. The number of carbonyl (C=O) groups is 1. The van der Waals surface area contributed by atoms with Gasteiger partial charge in [0.25, 0.3) is 0 Å². The third kappa shape index (κ3) is 3.98. The van der Waals surface area contributed by atoms with Crippen LogP contribution in [0, 0.1) is 5.41 Å². The second kappa shape index (κ2) is 8.77. The third-order valence-electron chi connectivity index (χ3n) is 5.39. The summed E-state index contributed by atoms with van der Waals surface area (Å²) in [5, 5.41) is 19.6. The van der Waals surface area contributed by atoms with Crippen LogP contribution in [-0.4, -0.2) is 25.6 Å². The highest BCUT2D eigenvalue weighted by molar-refractivity contribution is 9.10. The molecule has 160 valence electrons. The molecule has 32 heavy (non-hydrogen) atoms. The largest absolute Gasteiger partial charge is 0.342 e. The fraction of sp³-hybridized carbons (Fsp3) is 0.167. The topological polar surface area (TPSA) is 71.6 Å². The van der Waals surface area contributed by atoms with Crippen LogP contribution in [0.2, 0.25) is 0 Å². The number of halogens is 1. The van der Waals surface area contributed by atoms with Gasteiger partial charge < -0.3 is 4.57 Å². The quantitative estimate of drug-likeness (QED) is 0.313. The Kier molecular flexibility index (Phi) is 5.84. The van der Waals surface area contributed by atoms with E-state index in [2.05, 4.69) is 61.2 Å². The van der Waals surface area contributed by atoms with Crippen molar-refractivity contribution in [2.24, 2.45) is 0 Å². The Balaban J connectivity index is 1.50. The van der Waals surface area contributed by atoms with Gasteiger partial charge in [0.1, 0.15) is 15.9 Å². The Morgan fingerprint density at radius 2 is 1.94 bits per heavy atom. The zero-order valence-electron chi connectivity index (χ0n) is 17.2. The number of fused-ring (bicyclic) bond motifs is 1. The number of benzene rings is 2. The van der Waals surface area contributed by atoms with Crippen molar-refractivity contribution in [2.75, 3.05) is 0 Å². The maximum Gasteiger partial charge on any atom is 0.186 e. The van der Waals surface area contributed by atoms with E-state index in [9.17, 15) is 4.79 Å². The Morgan fingerprint density at radius 3 is 2.69 bits per heavy atom. The molecule has 1 atom stereocenters. The van der Waals surface area contributed by atoms with Gasteiger partial charge in [0, 0.05) is 33.7 Å². The van der Waals surface area contributed by atoms with Gasteiger partial charge in [-0.25, -0.2) is 0 Å². The van der Waals surface area contributed by atoms with Gasteiger partial charge in [-0.3, -0.25) is 10.2 Å². The zero-order valence-corrected chi connectivity index (χ0v) is 20.4. The summed E-state index contributed by atoms with van der Waals surface area (Å²) in [6.07, 6.45) is 4.79. The minimum Gasteiger partial charge on any atom is -0.342 e. The molecule has 0 radical (unpaired) electrons. The summed E-state index contributed by atoms with van der Waals surface area (Å²) in [6, 6.07) is 16.5. The van der Waals surface area contributed by atoms with Crippen molar-refractivity contribution in [1.82, 2.24) is 14.8 Å². The van der Waals surface area contributed by atoms with Crippen LogP contribution in [0.15, 0.2) is 64.1 Å². The zero-order chi connectivity index (χ0) is 22.2. The number of carbonyl (C=O) groups excluding carboxylic acids is 1. The molecule has 1 saturated heterocycles. The highest BCUT2D eigenvalue weighted by Crippen LogP contribution is 2.42. The molecule has 5 rings (SSSR count). The number of hydrogen-bond donors (Lipinski definition) is 1. The minimum atomic E-state index is -0.625. The third-order valence-corrected chi connectivity index (χ3v) is 8.05. The van der Waals surface area contributed by atoms with Crippen LogP contribution >= 0.6 is 39.0 Å². The monoisotopic (exact) mass is 522 g/mol. The number of rotatable bonds is 5. The van der Waals surface area contributed by atoms with Crippen molar-refractivity contribution in [3.63, 3.8) is 0 Å². The molecular formula is C24H19BrN4OS2. The van der Waals surface area contributed by atoms with Crippen LogP contribution in [0.4, 0.5) is 0 Å². The standard InChI is InChI=1S/C24H19BrN4OS2/c1-2-20-27-28-24(32-20)21-22(30)19(31-23(21)26)11-15-13-29(18-6-4-3-5-17(15)18)12-14-7-9-16(25)10-8-14/h3-11,13,21,26H,2,12H2,1H3/b19-11-,26-23?/t21-/m0/s1. The number of nitrogens with zero attached hydrogens (tertiary/aromatic N) is 3. The average Bonchev–Trinajstić information content (AvgIpc) is 3.47. The number of aromatic nitrogens is 3. The number of thioether (sulfide) groups is 1. The van der Waals surface area contributed by atoms with E-state index in [1.807, 2.05) is 37.3 Å². The SMILES string of the molecule is CCc1nnc([C@@H]2C(=N)S/C(=C\c3cn(Cc4ccc(Br)cc4)c4ccccc34)C2=O)s1. The molecule has 4 aromatic rings. The molecule has 0 amide bonds. The van der Waals surface area contributed by atoms with Crippen molar-refractivity contribution in [3.05, 3.63) is 85.2 Å². The minimum absolute atomic E-state index is 0.0662. The molecule has 1 N–H and O–H groups in total. The lowest BCUT2D eigenvalue weighted by molar-refractivity contribution is -0.114. The maximum absolute atomic E-state index is 13.2. The first-order valence-corrected chi connectivity index (χ1v) is 12.6. The lowest BCUT2D eigenvalue weighted by Gasteiger charge is -2.05. The van der Waals surface area contributed by atoms with Crippen LogP contribution in [0.1, 0.15) is 34.0 Å².